The molecule has 6 heteroatoms. The minimum absolute atomic E-state index is 0.110. The highest BCUT2D eigenvalue weighted by Crippen LogP contribution is 2.18. The van der Waals surface area contributed by atoms with Gasteiger partial charge in [-0.25, -0.2) is 0 Å². The molecule has 0 saturated carbocycles. The summed E-state index contributed by atoms with van der Waals surface area (Å²) in [6.45, 7) is 7.35. The van der Waals surface area contributed by atoms with Crippen molar-refractivity contribution in [3.8, 4) is 0 Å². The van der Waals surface area contributed by atoms with E-state index in [4.69, 9.17) is 19.6 Å². The van der Waals surface area contributed by atoms with E-state index < -0.39 is 0 Å². The fourth-order valence-electron chi connectivity index (χ4n) is 1.41. The Labute approximate surface area is 113 Å². The minimum atomic E-state index is -0.356. The summed E-state index contributed by atoms with van der Waals surface area (Å²) in [4.78, 5) is 21.4. The first-order chi connectivity index (χ1) is 8.92. The molecular weight excluding hydrogens is 250 g/mol. The van der Waals surface area contributed by atoms with E-state index in [-0.39, 0.29) is 30.5 Å². The maximum absolute atomic E-state index is 10.9. The van der Waals surface area contributed by atoms with Gasteiger partial charge in [-0.15, -0.1) is 0 Å². The highest BCUT2D eigenvalue weighted by Gasteiger charge is 2.17. The first-order valence-electron chi connectivity index (χ1n) is 6.02. The van der Waals surface area contributed by atoms with Gasteiger partial charge in [-0.05, 0) is 13.0 Å². The van der Waals surface area contributed by atoms with Crippen LogP contribution in [0.3, 0.4) is 0 Å². The maximum atomic E-state index is 10.9. The van der Waals surface area contributed by atoms with Crippen LogP contribution in [0.25, 0.3) is 0 Å². The fraction of sp³-hybridized carbons (Fsp3) is 0.615. The first-order valence-corrected chi connectivity index (χ1v) is 6.02. The zero-order valence-electron chi connectivity index (χ0n) is 11.7. The molecule has 0 unspecified atom stereocenters. The predicted octanol–water partition coefficient (Wildman–Crippen LogP) is 1.89. The third kappa shape index (κ3) is 7.23. The zero-order chi connectivity index (χ0) is 14.8. The van der Waals surface area contributed by atoms with E-state index >= 15 is 0 Å². The SMILES string of the molecule is CC(=O)O[C@H](C)[C@@H](C)/C=C(/OC=O)[C@@H](C)COC=N. The van der Waals surface area contributed by atoms with E-state index in [9.17, 15) is 9.59 Å². The number of hydrogen-bond acceptors (Lipinski definition) is 6. The van der Waals surface area contributed by atoms with Crippen molar-refractivity contribution in [2.75, 3.05) is 6.61 Å². The molecule has 0 aliphatic carbocycles. The number of carbonyl (C=O) groups is 2. The van der Waals surface area contributed by atoms with Gasteiger partial charge in [0.2, 0.25) is 0 Å². The Morgan fingerprint density at radius 1 is 1.32 bits per heavy atom. The summed E-state index contributed by atoms with van der Waals surface area (Å²) < 4.78 is 14.8. The molecule has 0 spiro atoms. The van der Waals surface area contributed by atoms with Crippen molar-refractivity contribution in [2.24, 2.45) is 11.8 Å². The number of hydrogen-bond donors (Lipinski definition) is 1. The summed E-state index contributed by atoms with van der Waals surface area (Å²) in [7, 11) is 0. The maximum Gasteiger partial charge on any atom is 0.302 e. The molecule has 0 heterocycles. The van der Waals surface area contributed by atoms with Crippen LogP contribution in [0.4, 0.5) is 0 Å². The molecule has 0 amide bonds. The Morgan fingerprint density at radius 2 is 1.95 bits per heavy atom. The highest BCUT2D eigenvalue weighted by molar-refractivity contribution is 5.66. The lowest BCUT2D eigenvalue weighted by molar-refractivity contribution is -0.147. The van der Waals surface area contributed by atoms with Crippen molar-refractivity contribution >= 4 is 18.8 Å². The van der Waals surface area contributed by atoms with E-state index in [0.29, 0.717) is 12.2 Å². The number of esters is 1. The van der Waals surface area contributed by atoms with Crippen LogP contribution in [0, 0.1) is 17.2 Å². The van der Waals surface area contributed by atoms with Crippen LogP contribution in [-0.4, -0.2) is 31.6 Å². The van der Waals surface area contributed by atoms with E-state index in [2.05, 4.69) is 0 Å². The Balaban J connectivity index is 4.73. The Hall–Kier alpha value is -1.85. The van der Waals surface area contributed by atoms with Crippen LogP contribution in [0.2, 0.25) is 0 Å². The molecule has 0 aromatic rings. The largest absolute Gasteiger partial charge is 0.483 e. The Bertz CT molecular complexity index is 340. The van der Waals surface area contributed by atoms with Gasteiger partial charge in [0.25, 0.3) is 6.47 Å². The molecule has 0 aliphatic rings. The molecule has 0 bridgehead atoms. The Morgan fingerprint density at radius 3 is 2.42 bits per heavy atom. The van der Waals surface area contributed by atoms with Gasteiger partial charge in [0.1, 0.15) is 11.9 Å². The summed E-state index contributed by atoms with van der Waals surface area (Å²) in [6.07, 6.45) is 2.23. The predicted molar refractivity (Wildman–Crippen MR) is 69.5 cm³/mol. The van der Waals surface area contributed by atoms with Crippen LogP contribution in [0.5, 0.6) is 0 Å². The second-order valence-corrected chi connectivity index (χ2v) is 4.31. The van der Waals surface area contributed by atoms with E-state index in [0.717, 1.165) is 6.40 Å². The van der Waals surface area contributed by atoms with Crippen LogP contribution < -0.4 is 0 Å². The van der Waals surface area contributed by atoms with Gasteiger partial charge in [-0.1, -0.05) is 13.8 Å². The second kappa shape index (κ2) is 9.13. The molecule has 1 N–H and O–H groups in total. The summed E-state index contributed by atoms with van der Waals surface area (Å²) >= 11 is 0. The van der Waals surface area contributed by atoms with Gasteiger partial charge in [-0.2, -0.15) is 0 Å². The topological polar surface area (TPSA) is 85.7 Å². The lowest BCUT2D eigenvalue weighted by atomic mass is 10.0. The number of rotatable bonds is 9. The first kappa shape index (κ1) is 17.2. The molecule has 0 rings (SSSR count). The molecule has 108 valence electrons. The van der Waals surface area contributed by atoms with Crippen molar-refractivity contribution in [1.29, 1.82) is 5.41 Å². The van der Waals surface area contributed by atoms with Gasteiger partial charge in [0, 0.05) is 18.8 Å². The van der Waals surface area contributed by atoms with Gasteiger partial charge in [-0.3, -0.25) is 15.0 Å². The fourth-order valence-corrected chi connectivity index (χ4v) is 1.41. The molecule has 0 aromatic heterocycles. The zero-order valence-corrected chi connectivity index (χ0v) is 11.7. The lowest BCUT2D eigenvalue weighted by Crippen LogP contribution is -2.21. The van der Waals surface area contributed by atoms with Crippen LogP contribution in [0.15, 0.2) is 11.8 Å². The van der Waals surface area contributed by atoms with Crippen molar-refractivity contribution in [2.45, 2.75) is 33.8 Å². The molecule has 0 aromatic carbocycles. The number of nitrogens with one attached hydrogen (secondary N) is 1. The average molecular weight is 271 g/mol. The molecule has 19 heavy (non-hydrogen) atoms. The average Bonchev–Trinajstić information content (AvgIpc) is 2.34. The van der Waals surface area contributed by atoms with E-state index in [1.165, 1.54) is 6.92 Å². The summed E-state index contributed by atoms with van der Waals surface area (Å²) in [5, 5.41) is 6.79. The van der Waals surface area contributed by atoms with Crippen molar-refractivity contribution in [1.82, 2.24) is 0 Å². The molecule has 0 saturated heterocycles. The molecule has 6 nitrogen and oxygen atoms in total. The number of carbonyl (C=O) groups excluding carboxylic acids is 2. The monoisotopic (exact) mass is 271 g/mol. The van der Waals surface area contributed by atoms with Crippen LogP contribution in [0.1, 0.15) is 27.7 Å². The van der Waals surface area contributed by atoms with Gasteiger partial charge in [0.15, 0.2) is 6.40 Å². The molecule has 0 radical (unpaired) electrons. The van der Waals surface area contributed by atoms with Crippen LogP contribution >= 0.6 is 0 Å². The summed E-state index contributed by atoms with van der Waals surface area (Å²) in [5.74, 6) is -0.214. The van der Waals surface area contributed by atoms with Crippen molar-refractivity contribution < 1.29 is 23.8 Å². The van der Waals surface area contributed by atoms with Crippen molar-refractivity contribution in [3.05, 3.63) is 11.8 Å². The third-order valence-corrected chi connectivity index (χ3v) is 2.62. The molecule has 3 atom stereocenters. The lowest BCUT2D eigenvalue weighted by Gasteiger charge is -2.19. The smallest absolute Gasteiger partial charge is 0.302 e. The quantitative estimate of drug-likeness (QED) is 0.227. The summed E-state index contributed by atoms with van der Waals surface area (Å²) in [5.41, 5.74) is 0. The summed E-state index contributed by atoms with van der Waals surface area (Å²) in [6, 6.07) is 0. The van der Waals surface area contributed by atoms with Crippen molar-refractivity contribution in [3.63, 3.8) is 0 Å². The van der Waals surface area contributed by atoms with E-state index in [1.54, 1.807) is 13.0 Å². The van der Waals surface area contributed by atoms with Crippen LogP contribution in [-0.2, 0) is 23.8 Å². The number of ether oxygens (including phenoxy) is 3. The standard InChI is InChI=1S/C13H21NO5/c1-9(11(3)19-12(4)16)5-13(18-8-15)10(2)6-17-7-14/h5,7-11,14H,6H2,1-4H3/b13-5+,14-7?/t9-,10-,11+/m0/s1. The minimum Gasteiger partial charge on any atom is -0.483 e. The van der Waals surface area contributed by atoms with E-state index in [1.807, 2.05) is 13.8 Å². The molecule has 0 aliphatic heterocycles. The Kier molecular flexibility index (Phi) is 8.24. The normalized spacial score (nSPS) is 15.9. The molecule has 0 fully saturated rings. The van der Waals surface area contributed by atoms with Gasteiger partial charge in [0.05, 0.1) is 6.61 Å². The van der Waals surface area contributed by atoms with Gasteiger partial charge < -0.3 is 14.2 Å². The highest BCUT2D eigenvalue weighted by atomic mass is 16.5. The third-order valence-electron chi connectivity index (χ3n) is 2.62. The van der Waals surface area contributed by atoms with Gasteiger partial charge >= 0.3 is 5.97 Å². The second-order valence-electron chi connectivity index (χ2n) is 4.31. The molecular formula is C13H21NO5.